The fourth-order valence-corrected chi connectivity index (χ4v) is 3.15. The number of aromatic nitrogens is 2. The molecule has 2 heterocycles. The van der Waals surface area contributed by atoms with E-state index >= 15 is 0 Å². The van der Waals surface area contributed by atoms with E-state index in [0.717, 1.165) is 8.66 Å². The molecule has 0 aliphatic heterocycles. The number of hydrogen-bond donors (Lipinski definition) is 1. The second-order valence-corrected chi connectivity index (χ2v) is 6.75. The minimum Gasteiger partial charge on any atom is -0.480 e. The molecule has 1 atom stereocenters. The molecule has 0 amide bonds. The average Bonchev–Trinajstić information content (AvgIpc) is 2.98. The molecule has 0 fully saturated rings. The lowest BCUT2D eigenvalue weighted by atomic mass is 10.2. The van der Waals surface area contributed by atoms with Crippen LogP contribution in [0.2, 0.25) is 0 Å². The van der Waals surface area contributed by atoms with Gasteiger partial charge in [0.2, 0.25) is 5.89 Å². The number of nitrogens with zero attached hydrogens (tertiary/aromatic N) is 3. The number of carbonyl (C=O) groups is 1. The van der Waals surface area contributed by atoms with E-state index in [0.29, 0.717) is 24.7 Å². The molecule has 0 spiro atoms. The molecule has 2 aromatic heterocycles. The highest BCUT2D eigenvalue weighted by atomic mass is 79.9. The summed E-state index contributed by atoms with van der Waals surface area (Å²) in [5, 5.41) is 17.0. The lowest BCUT2D eigenvalue weighted by Gasteiger charge is -2.21. The van der Waals surface area contributed by atoms with E-state index in [1.807, 2.05) is 19.1 Å². The molecule has 0 saturated carbocycles. The van der Waals surface area contributed by atoms with Crippen molar-refractivity contribution in [2.24, 2.45) is 0 Å². The number of thiophene rings is 1. The molecule has 2 rings (SSSR count). The molecule has 108 valence electrons. The third-order valence-electron chi connectivity index (χ3n) is 2.84. The SMILES string of the molecule is CCC(C(=O)O)N(C)Cc1nnc(-c2ccc(Br)s2)o1. The standard InChI is InChI=1S/C12H14BrN3O3S/c1-3-7(12(17)18)16(2)6-10-14-15-11(19-10)8-4-5-9(13)20-8/h4-5,7H,3,6H2,1-2H3,(H,17,18). The number of halogens is 1. The van der Waals surface area contributed by atoms with Gasteiger partial charge in [0.1, 0.15) is 6.04 Å². The minimum absolute atomic E-state index is 0.310. The van der Waals surface area contributed by atoms with Gasteiger partial charge in [0.25, 0.3) is 5.89 Å². The van der Waals surface area contributed by atoms with Gasteiger partial charge >= 0.3 is 5.97 Å². The Morgan fingerprint density at radius 3 is 2.85 bits per heavy atom. The van der Waals surface area contributed by atoms with Crippen molar-refractivity contribution < 1.29 is 14.3 Å². The van der Waals surface area contributed by atoms with Crippen LogP contribution in [0.25, 0.3) is 10.8 Å². The number of carboxylic acid groups (broad SMARTS) is 1. The molecule has 1 N–H and O–H groups in total. The summed E-state index contributed by atoms with van der Waals surface area (Å²) >= 11 is 4.88. The zero-order chi connectivity index (χ0) is 14.7. The van der Waals surface area contributed by atoms with Gasteiger partial charge in [-0.25, -0.2) is 0 Å². The first-order chi connectivity index (χ1) is 9.51. The second-order valence-electron chi connectivity index (χ2n) is 4.28. The van der Waals surface area contributed by atoms with Crippen molar-refractivity contribution >= 4 is 33.2 Å². The molecule has 0 aliphatic rings. The average molecular weight is 360 g/mol. The maximum absolute atomic E-state index is 11.1. The molecule has 0 radical (unpaired) electrons. The van der Waals surface area contributed by atoms with Crippen LogP contribution in [0, 0.1) is 0 Å². The molecule has 6 nitrogen and oxygen atoms in total. The van der Waals surface area contributed by atoms with E-state index in [4.69, 9.17) is 9.52 Å². The first kappa shape index (κ1) is 15.1. The Kier molecular flexibility index (Phi) is 4.90. The summed E-state index contributed by atoms with van der Waals surface area (Å²) in [6.45, 7) is 2.14. The first-order valence-corrected chi connectivity index (χ1v) is 7.63. The molecular formula is C12H14BrN3O3S. The van der Waals surface area contributed by atoms with Crippen molar-refractivity contribution in [2.75, 3.05) is 7.05 Å². The van der Waals surface area contributed by atoms with E-state index in [9.17, 15) is 4.79 Å². The van der Waals surface area contributed by atoms with E-state index < -0.39 is 12.0 Å². The molecule has 0 saturated heterocycles. The number of carboxylic acids is 1. The highest BCUT2D eigenvalue weighted by Crippen LogP contribution is 2.30. The van der Waals surface area contributed by atoms with Crippen LogP contribution >= 0.6 is 27.3 Å². The molecule has 0 aliphatic carbocycles. The number of likely N-dealkylation sites (N-methyl/N-ethyl adjacent to an activating group) is 1. The van der Waals surface area contributed by atoms with Gasteiger partial charge < -0.3 is 9.52 Å². The summed E-state index contributed by atoms with van der Waals surface area (Å²) in [6, 6.07) is 3.25. The summed E-state index contributed by atoms with van der Waals surface area (Å²) in [7, 11) is 1.73. The van der Waals surface area contributed by atoms with Gasteiger partial charge in [-0.15, -0.1) is 21.5 Å². The Balaban J connectivity index is 2.08. The van der Waals surface area contributed by atoms with Crippen molar-refractivity contribution in [1.29, 1.82) is 0 Å². The summed E-state index contributed by atoms with van der Waals surface area (Å²) in [5.41, 5.74) is 0. The summed E-state index contributed by atoms with van der Waals surface area (Å²) < 4.78 is 6.55. The lowest BCUT2D eigenvalue weighted by Crippen LogP contribution is -2.37. The van der Waals surface area contributed by atoms with Gasteiger partial charge in [0.15, 0.2) is 0 Å². The fourth-order valence-electron chi connectivity index (χ4n) is 1.84. The van der Waals surface area contributed by atoms with Crippen LogP contribution in [0.15, 0.2) is 20.3 Å². The number of hydrogen-bond acceptors (Lipinski definition) is 6. The Morgan fingerprint density at radius 2 is 2.30 bits per heavy atom. The summed E-state index contributed by atoms with van der Waals surface area (Å²) in [6.07, 6.45) is 0.519. The highest BCUT2D eigenvalue weighted by molar-refractivity contribution is 9.11. The minimum atomic E-state index is -0.850. The van der Waals surface area contributed by atoms with E-state index in [-0.39, 0.29) is 0 Å². The van der Waals surface area contributed by atoms with Crippen molar-refractivity contribution in [3.05, 3.63) is 21.8 Å². The van der Waals surface area contributed by atoms with Crippen LogP contribution in [0.1, 0.15) is 19.2 Å². The maximum atomic E-state index is 11.1. The topological polar surface area (TPSA) is 79.5 Å². The summed E-state index contributed by atoms with van der Waals surface area (Å²) in [4.78, 5) is 13.6. The molecule has 8 heteroatoms. The van der Waals surface area contributed by atoms with E-state index in [1.54, 1.807) is 11.9 Å². The van der Waals surface area contributed by atoms with Crippen LogP contribution in [-0.4, -0.2) is 39.3 Å². The fraction of sp³-hybridized carbons (Fsp3) is 0.417. The zero-order valence-electron chi connectivity index (χ0n) is 11.0. The molecular weight excluding hydrogens is 346 g/mol. The highest BCUT2D eigenvalue weighted by Gasteiger charge is 2.22. The zero-order valence-corrected chi connectivity index (χ0v) is 13.4. The largest absolute Gasteiger partial charge is 0.480 e. The van der Waals surface area contributed by atoms with E-state index in [2.05, 4.69) is 26.1 Å². The second kappa shape index (κ2) is 6.47. The quantitative estimate of drug-likeness (QED) is 0.853. The van der Waals surface area contributed by atoms with Crippen molar-refractivity contribution in [3.8, 4) is 10.8 Å². The van der Waals surface area contributed by atoms with Crippen LogP contribution < -0.4 is 0 Å². The Bertz CT molecular complexity index is 598. The number of rotatable bonds is 6. The van der Waals surface area contributed by atoms with Crippen molar-refractivity contribution in [1.82, 2.24) is 15.1 Å². The van der Waals surface area contributed by atoms with Gasteiger partial charge in [-0.2, -0.15) is 0 Å². The third kappa shape index (κ3) is 3.44. The predicted octanol–water partition coefficient (Wildman–Crippen LogP) is 2.86. The van der Waals surface area contributed by atoms with Crippen LogP contribution in [0.3, 0.4) is 0 Å². The lowest BCUT2D eigenvalue weighted by molar-refractivity contribution is -0.143. The normalized spacial score (nSPS) is 12.8. The van der Waals surface area contributed by atoms with Gasteiger partial charge in [-0.05, 0) is 41.5 Å². The third-order valence-corrected chi connectivity index (χ3v) is 4.45. The van der Waals surface area contributed by atoms with Gasteiger partial charge in [0, 0.05) is 0 Å². The first-order valence-electron chi connectivity index (χ1n) is 6.02. The Morgan fingerprint density at radius 1 is 1.55 bits per heavy atom. The maximum Gasteiger partial charge on any atom is 0.320 e. The Labute approximate surface area is 128 Å². The molecule has 0 bridgehead atoms. The predicted molar refractivity (Wildman–Crippen MR) is 78.5 cm³/mol. The van der Waals surface area contributed by atoms with Crippen LogP contribution in [0.4, 0.5) is 0 Å². The van der Waals surface area contributed by atoms with Gasteiger partial charge in [-0.1, -0.05) is 6.92 Å². The number of aliphatic carboxylic acids is 1. The smallest absolute Gasteiger partial charge is 0.320 e. The molecule has 20 heavy (non-hydrogen) atoms. The van der Waals surface area contributed by atoms with Gasteiger partial charge in [0.05, 0.1) is 15.2 Å². The van der Waals surface area contributed by atoms with E-state index in [1.165, 1.54) is 11.3 Å². The molecule has 2 aromatic rings. The van der Waals surface area contributed by atoms with Crippen LogP contribution in [-0.2, 0) is 11.3 Å². The van der Waals surface area contributed by atoms with Gasteiger partial charge in [-0.3, -0.25) is 9.69 Å². The van der Waals surface area contributed by atoms with Crippen molar-refractivity contribution in [2.45, 2.75) is 25.9 Å². The molecule has 0 aromatic carbocycles. The monoisotopic (exact) mass is 359 g/mol. The van der Waals surface area contributed by atoms with Crippen molar-refractivity contribution in [3.63, 3.8) is 0 Å². The summed E-state index contributed by atoms with van der Waals surface area (Å²) in [5.74, 6) is 0.0103. The molecule has 1 unspecified atom stereocenters. The Hall–Kier alpha value is -1.25. The van der Waals surface area contributed by atoms with Crippen LogP contribution in [0.5, 0.6) is 0 Å².